The zero-order valence-electron chi connectivity index (χ0n) is 7.53. The van der Waals surface area contributed by atoms with Crippen molar-refractivity contribution in [3.63, 3.8) is 0 Å². The van der Waals surface area contributed by atoms with Gasteiger partial charge in [-0.2, -0.15) is 0 Å². The Bertz CT molecular complexity index is 294. The van der Waals surface area contributed by atoms with Gasteiger partial charge in [0.1, 0.15) is 0 Å². The van der Waals surface area contributed by atoms with Crippen molar-refractivity contribution >= 4 is 5.97 Å². The molecular formula is C9H13NO2. The number of carbonyl (C=O) groups is 1. The Labute approximate surface area is 71.6 Å². The van der Waals surface area contributed by atoms with E-state index in [-0.39, 0.29) is 5.54 Å². The molecule has 0 aromatic carbocycles. The van der Waals surface area contributed by atoms with E-state index in [9.17, 15) is 4.79 Å². The highest BCUT2D eigenvalue weighted by Gasteiger charge is 2.13. The molecule has 0 saturated heterocycles. The molecule has 0 atom stereocenters. The number of aromatic nitrogens is 1. The fourth-order valence-electron chi connectivity index (χ4n) is 0.940. The van der Waals surface area contributed by atoms with Crippen LogP contribution in [0.2, 0.25) is 0 Å². The second-order valence-corrected chi connectivity index (χ2v) is 3.78. The molecule has 0 bridgehead atoms. The number of carboxylic acids is 1. The van der Waals surface area contributed by atoms with Gasteiger partial charge in [0.05, 0.1) is 5.56 Å². The molecule has 12 heavy (non-hydrogen) atoms. The van der Waals surface area contributed by atoms with Gasteiger partial charge < -0.3 is 9.67 Å². The summed E-state index contributed by atoms with van der Waals surface area (Å²) >= 11 is 0. The Balaban J connectivity index is 3.00. The van der Waals surface area contributed by atoms with Crippen LogP contribution in [-0.4, -0.2) is 15.6 Å². The molecular weight excluding hydrogens is 154 g/mol. The van der Waals surface area contributed by atoms with Crippen LogP contribution in [0.5, 0.6) is 0 Å². The number of nitrogens with zero attached hydrogens (tertiary/aromatic N) is 1. The average molecular weight is 167 g/mol. The first-order valence-electron chi connectivity index (χ1n) is 3.83. The predicted molar refractivity (Wildman–Crippen MR) is 46.4 cm³/mol. The van der Waals surface area contributed by atoms with Crippen LogP contribution in [0.1, 0.15) is 31.1 Å². The third-order valence-electron chi connectivity index (χ3n) is 1.71. The molecule has 0 unspecified atom stereocenters. The monoisotopic (exact) mass is 167 g/mol. The van der Waals surface area contributed by atoms with Crippen LogP contribution in [0.15, 0.2) is 18.5 Å². The van der Waals surface area contributed by atoms with E-state index in [0.29, 0.717) is 5.56 Å². The van der Waals surface area contributed by atoms with E-state index < -0.39 is 5.97 Å². The summed E-state index contributed by atoms with van der Waals surface area (Å²) in [5, 5.41) is 8.65. The second-order valence-electron chi connectivity index (χ2n) is 3.78. The van der Waals surface area contributed by atoms with Gasteiger partial charge in [0, 0.05) is 17.9 Å². The van der Waals surface area contributed by atoms with Crippen molar-refractivity contribution in [3.05, 3.63) is 24.0 Å². The van der Waals surface area contributed by atoms with Crippen LogP contribution in [0.3, 0.4) is 0 Å². The van der Waals surface area contributed by atoms with Crippen molar-refractivity contribution in [3.8, 4) is 0 Å². The molecule has 0 aliphatic carbocycles. The standard InChI is InChI=1S/C9H13NO2/c1-9(2,3)10-5-4-7(6-10)8(11)12/h4-6H,1-3H3,(H,11,12). The lowest BCUT2D eigenvalue weighted by Gasteiger charge is -2.20. The van der Waals surface area contributed by atoms with Crippen molar-refractivity contribution in [2.75, 3.05) is 0 Å². The van der Waals surface area contributed by atoms with Gasteiger partial charge in [-0.15, -0.1) is 0 Å². The van der Waals surface area contributed by atoms with E-state index in [1.54, 1.807) is 18.5 Å². The maximum Gasteiger partial charge on any atom is 0.337 e. The fraction of sp³-hybridized carbons (Fsp3) is 0.444. The minimum atomic E-state index is -0.877. The van der Waals surface area contributed by atoms with E-state index in [4.69, 9.17) is 5.11 Å². The maximum atomic E-state index is 10.5. The van der Waals surface area contributed by atoms with Gasteiger partial charge in [-0.05, 0) is 26.8 Å². The number of carboxylic acid groups (broad SMARTS) is 1. The van der Waals surface area contributed by atoms with Gasteiger partial charge in [-0.1, -0.05) is 0 Å². The van der Waals surface area contributed by atoms with Crippen molar-refractivity contribution in [2.45, 2.75) is 26.3 Å². The third kappa shape index (κ3) is 1.67. The number of hydrogen-bond donors (Lipinski definition) is 1. The average Bonchev–Trinajstić information content (AvgIpc) is 2.30. The van der Waals surface area contributed by atoms with Crippen LogP contribution < -0.4 is 0 Å². The molecule has 0 saturated carbocycles. The lowest BCUT2D eigenvalue weighted by Crippen LogP contribution is -2.19. The largest absolute Gasteiger partial charge is 0.478 e. The minimum Gasteiger partial charge on any atom is -0.478 e. The first-order valence-corrected chi connectivity index (χ1v) is 3.83. The summed E-state index contributed by atoms with van der Waals surface area (Å²) < 4.78 is 1.89. The van der Waals surface area contributed by atoms with Gasteiger partial charge in [0.2, 0.25) is 0 Å². The lowest BCUT2D eigenvalue weighted by molar-refractivity contribution is 0.0696. The molecule has 1 aromatic rings. The van der Waals surface area contributed by atoms with E-state index in [0.717, 1.165) is 0 Å². The van der Waals surface area contributed by atoms with Gasteiger partial charge in [-0.25, -0.2) is 4.79 Å². The van der Waals surface area contributed by atoms with Crippen LogP contribution >= 0.6 is 0 Å². The van der Waals surface area contributed by atoms with Gasteiger partial charge in [0.15, 0.2) is 0 Å². The molecule has 1 aromatic heterocycles. The number of hydrogen-bond acceptors (Lipinski definition) is 1. The summed E-state index contributed by atoms with van der Waals surface area (Å²) in [5.74, 6) is -0.877. The van der Waals surface area contributed by atoms with Crippen molar-refractivity contribution < 1.29 is 9.90 Å². The quantitative estimate of drug-likeness (QED) is 0.694. The molecule has 3 heteroatoms. The van der Waals surface area contributed by atoms with Crippen LogP contribution in [0.25, 0.3) is 0 Å². The Morgan fingerprint density at radius 1 is 1.50 bits per heavy atom. The Hall–Kier alpha value is -1.25. The minimum absolute atomic E-state index is 0.0479. The zero-order chi connectivity index (χ0) is 9.35. The maximum absolute atomic E-state index is 10.5. The highest BCUT2D eigenvalue weighted by Crippen LogP contribution is 2.15. The molecule has 0 fully saturated rings. The van der Waals surface area contributed by atoms with Crippen molar-refractivity contribution in [2.24, 2.45) is 0 Å². The third-order valence-corrected chi connectivity index (χ3v) is 1.71. The predicted octanol–water partition coefficient (Wildman–Crippen LogP) is 1.94. The molecule has 1 rings (SSSR count). The molecule has 1 heterocycles. The first-order chi connectivity index (χ1) is 5.41. The van der Waals surface area contributed by atoms with Crippen LogP contribution in [0, 0.1) is 0 Å². The summed E-state index contributed by atoms with van der Waals surface area (Å²) in [6.07, 6.45) is 3.42. The van der Waals surface area contributed by atoms with E-state index in [1.165, 1.54) is 0 Å². The van der Waals surface area contributed by atoms with Gasteiger partial charge in [0.25, 0.3) is 0 Å². The summed E-state index contributed by atoms with van der Waals surface area (Å²) in [5.41, 5.74) is 0.290. The summed E-state index contributed by atoms with van der Waals surface area (Å²) in [6, 6.07) is 1.60. The molecule has 1 N–H and O–H groups in total. The molecule has 0 aliphatic heterocycles. The zero-order valence-corrected chi connectivity index (χ0v) is 7.53. The Morgan fingerprint density at radius 3 is 2.33 bits per heavy atom. The first kappa shape index (κ1) is 8.84. The van der Waals surface area contributed by atoms with Crippen molar-refractivity contribution in [1.29, 1.82) is 0 Å². The van der Waals surface area contributed by atoms with Gasteiger partial charge in [-0.3, -0.25) is 0 Å². The Morgan fingerprint density at radius 2 is 2.08 bits per heavy atom. The Kier molecular flexibility index (Phi) is 1.96. The summed E-state index contributed by atoms with van der Waals surface area (Å²) in [6.45, 7) is 6.08. The molecule has 0 aliphatic rings. The van der Waals surface area contributed by atoms with Gasteiger partial charge >= 0.3 is 5.97 Å². The highest BCUT2D eigenvalue weighted by atomic mass is 16.4. The SMILES string of the molecule is CC(C)(C)n1ccc(C(=O)O)c1. The molecule has 66 valence electrons. The van der Waals surface area contributed by atoms with Crippen LogP contribution in [0.4, 0.5) is 0 Å². The molecule has 0 radical (unpaired) electrons. The topological polar surface area (TPSA) is 42.2 Å². The fourth-order valence-corrected chi connectivity index (χ4v) is 0.940. The number of rotatable bonds is 1. The summed E-state index contributed by atoms with van der Waals surface area (Å²) in [4.78, 5) is 10.5. The van der Waals surface area contributed by atoms with E-state index >= 15 is 0 Å². The summed E-state index contributed by atoms with van der Waals surface area (Å²) in [7, 11) is 0. The lowest BCUT2D eigenvalue weighted by atomic mass is 10.1. The molecule has 0 amide bonds. The second kappa shape index (κ2) is 2.66. The molecule has 3 nitrogen and oxygen atoms in total. The van der Waals surface area contributed by atoms with E-state index in [2.05, 4.69) is 0 Å². The van der Waals surface area contributed by atoms with Crippen molar-refractivity contribution in [1.82, 2.24) is 4.57 Å². The van der Waals surface area contributed by atoms with E-state index in [1.807, 2.05) is 25.3 Å². The molecule has 0 spiro atoms. The smallest absolute Gasteiger partial charge is 0.337 e. The normalized spacial score (nSPS) is 11.6. The number of aromatic carboxylic acids is 1. The highest BCUT2D eigenvalue weighted by molar-refractivity contribution is 5.87. The van der Waals surface area contributed by atoms with Crippen LogP contribution in [-0.2, 0) is 5.54 Å².